The highest BCUT2D eigenvalue weighted by Gasteiger charge is 2.23. The summed E-state index contributed by atoms with van der Waals surface area (Å²) in [6, 6.07) is 3.46. The first-order chi connectivity index (χ1) is 14.5. The summed E-state index contributed by atoms with van der Waals surface area (Å²) in [5, 5.41) is 19.1. The maximum Gasteiger partial charge on any atom is 0.293 e. The first kappa shape index (κ1) is 21.2. The average Bonchev–Trinajstić information content (AvgIpc) is 3.34. The van der Waals surface area contributed by atoms with Crippen molar-refractivity contribution in [2.45, 2.75) is 19.8 Å². The normalized spacial score (nSPS) is 11.1. The predicted octanol–water partition coefficient (Wildman–Crippen LogP) is 1.73. The van der Waals surface area contributed by atoms with E-state index in [0.717, 1.165) is 6.42 Å². The number of halogens is 1. The number of ether oxygens (including phenoxy) is 2. The lowest BCUT2D eigenvalue weighted by Crippen LogP contribution is -2.20. The Bertz CT molecular complexity index is 1080. The summed E-state index contributed by atoms with van der Waals surface area (Å²) < 4.78 is 17.2. The summed E-state index contributed by atoms with van der Waals surface area (Å²) in [6.07, 6.45) is 2.71. The molecule has 13 heteroatoms. The minimum atomic E-state index is -0.535. The Hall–Kier alpha value is -3.48. The number of benzene rings is 1. The molecule has 0 fully saturated rings. The predicted molar refractivity (Wildman–Crippen MR) is 110 cm³/mol. The molecule has 0 spiro atoms. The van der Waals surface area contributed by atoms with Gasteiger partial charge < -0.3 is 15.2 Å². The molecule has 0 radical (unpaired) electrons. The SMILES string of the molecule is CCCc1c(C(=O)N/N=C\c2cc(OC)c(OC)cc2Br)nnn1-c1nonc1N. The van der Waals surface area contributed by atoms with Crippen LogP contribution in [0.2, 0.25) is 0 Å². The van der Waals surface area contributed by atoms with Gasteiger partial charge in [0.15, 0.2) is 17.2 Å². The van der Waals surface area contributed by atoms with Crippen LogP contribution in [0.15, 0.2) is 26.3 Å². The third-order valence-corrected chi connectivity index (χ3v) is 4.72. The quantitative estimate of drug-likeness (QED) is 0.363. The first-order valence-electron chi connectivity index (χ1n) is 8.78. The number of methoxy groups -OCH3 is 2. The Morgan fingerprint density at radius 2 is 2.07 bits per heavy atom. The van der Waals surface area contributed by atoms with Crippen molar-refractivity contribution in [1.82, 2.24) is 30.7 Å². The average molecular weight is 479 g/mol. The lowest BCUT2D eigenvalue weighted by Gasteiger charge is -2.09. The summed E-state index contributed by atoms with van der Waals surface area (Å²) in [5.74, 6) is 0.768. The molecule has 0 unspecified atom stereocenters. The first-order valence-corrected chi connectivity index (χ1v) is 9.57. The molecule has 2 heterocycles. The topological polar surface area (TPSA) is 156 Å². The lowest BCUT2D eigenvalue weighted by atomic mass is 10.2. The molecule has 0 saturated carbocycles. The molecule has 1 amide bonds. The van der Waals surface area contributed by atoms with Gasteiger partial charge in [-0.3, -0.25) is 4.79 Å². The maximum absolute atomic E-state index is 12.6. The highest BCUT2D eigenvalue weighted by molar-refractivity contribution is 9.10. The van der Waals surface area contributed by atoms with Gasteiger partial charge in [-0.25, -0.2) is 10.1 Å². The van der Waals surface area contributed by atoms with Crippen LogP contribution in [0.3, 0.4) is 0 Å². The number of rotatable bonds is 8. The fourth-order valence-corrected chi connectivity index (χ4v) is 3.05. The highest BCUT2D eigenvalue weighted by atomic mass is 79.9. The molecule has 0 bridgehead atoms. The number of hydrogen-bond acceptors (Lipinski definition) is 10. The highest BCUT2D eigenvalue weighted by Crippen LogP contribution is 2.32. The third-order valence-electron chi connectivity index (χ3n) is 4.03. The van der Waals surface area contributed by atoms with E-state index >= 15 is 0 Å². The third kappa shape index (κ3) is 4.25. The van der Waals surface area contributed by atoms with E-state index < -0.39 is 5.91 Å². The van der Waals surface area contributed by atoms with Crippen molar-refractivity contribution in [3.63, 3.8) is 0 Å². The second kappa shape index (κ2) is 9.35. The van der Waals surface area contributed by atoms with Crippen molar-refractivity contribution >= 4 is 33.9 Å². The molecule has 3 N–H and O–H groups in total. The van der Waals surface area contributed by atoms with Crippen LogP contribution in [0.1, 0.15) is 35.1 Å². The van der Waals surface area contributed by atoms with Crippen LogP contribution in [0.25, 0.3) is 5.82 Å². The molecule has 0 saturated heterocycles. The van der Waals surface area contributed by atoms with Gasteiger partial charge in [-0.1, -0.05) is 18.6 Å². The van der Waals surface area contributed by atoms with Gasteiger partial charge in [0.05, 0.1) is 26.1 Å². The molecule has 0 aliphatic rings. The number of hydrogen-bond donors (Lipinski definition) is 2. The van der Waals surface area contributed by atoms with Gasteiger partial charge in [-0.05, 0) is 44.8 Å². The van der Waals surface area contributed by atoms with Crippen LogP contribution in [0, 0.1) is 0 Å². The number of nitrogens with two attached hydrogens (primary N) is 1. The molecule has 1 aromatic carbocycles. The van der Waals surface area contributed by atoms with Gasteiger partial charge in [0.1, 0.15) is 0 Å². The minimum Gasteiger partial charge on any atom is -0.493 e. The summed E-state index contributed by atoms with van der Waals surface area (Å²) in [5.41, 5.74) is 9.45. The van der Waals surface area contributed by atoms with E-state index in [0.29, 0.717) is 33.6 Å². The zero-order valence-electron chi connectivity index (χ0n) is 16.4. The number of carbonyl (C=O) groups is 1. The van der Waals surface area contributed by atoms with E-state index in [4.69, 9.17) is 15.2 Å². The van der Waals surface area contributed by atoms with Crippen molar-refractivity contribution in [1.29, 1.82) is 0 Å². The van der Waals surface area contributed by atoms with Gasteiger partial charge in [-0.2, -0.15) is 9.78 Å². The van der Waals surface area contributed by atoms with Crippen LogP contribution < -0.4 is 20.6 Å². The maximum atomic E-state index is 12.6. The molecule has 3 aromatic rings. The standard InChI is InChI=1S/C17H19BrN8O4/c1-4-5-11-14(21-25-26(11)16-15(19)23-30-24-16)17(27)22-20-8-9-6-12(28-2)13(29-3)7-10(9)18/h6-8H,4-5H2,1-3H3,(H2,19,23)(H,22,27)/b20-8-. The van der Waals surface area contributed by atoms with E-state index in [1.54, 1.807) is 19.2 Å². The van der Waals surface area contributed by atoms with E-state index in [1.807, 2.05) is 6.92 Å². The zero-order valence-corrected chi connectivity index (χ0v) is 18.0. The van der Waals surface area contributed by atoms with Crippen LogP contribution >= 0.6 is 15.9 Å². The molecular weight excluding hydrogens is 460 g/mol. The van der Waals surface area contributed by atoms with Crippen LogP contribution in [0.4, 0.5) is 5.82 Å². The summed E-state index contributed by atoms with van der Waals surface area (Å²) in [4.78, 5) is 12.6. The van der Waals surface area contributed by atoms with Crippen molar-refractivity contribution in [2.75, 3.05) is 20.0 Å². The number of hydrazone groups is 1. The molecule has 30 heavy (non-hydrogen) atoms. The van der Waals surface area contributed by atoms with E-state index in [-0.39, 0.29) is 17.3 Å². The van der Waals surface area contributed by atoms with Gasteiger partial charge in [-0.15, -0.1) is 5.10 Å². The Morgan fingerprint density at radius 3 is 2.70 bits per heavy atom. The fourth-order valence-electron chi connectivity index (χ4n) is 2.63. The van der Waals surface area contributed by atoms with Crippen LogP contribution in [-0.4, -0.2) is 51.6 Å². The van der Waals surface area contributed by atoms with E-state index in [9.17, 15) is 4.79 Å². The Kier molecular flexibility index (Phi) is 6.61. The van der Waals surface area contributed by atoms with Crippen molar-refractivity contribution < 1.29 is 18.9 Å². The lowest BCUT2D eigenvalue weighted by molar-refractivity contribution is 0.0949. The number of aromatic nitrogens is 5. The van der Waals surface area contributed by atoms with Crippen molar-refractivity contribution in [3.05, 3.63) is 33.6 Å². The van der Waals surface area contributed by atoms with Crippen LogP contribution in [-0.2, 0) is 6.42 Å². The van der Waals surface area contributed by atoms with Crippen molar-refractivity contribution in [3.8, 4) is 17.3 Å². The second-order valence-corrected chi connectivity index (χ2v) is 6.80. The Balaban J connectivity index is 1.82. The number of nitrogens with zero attached hydrogens (tertiary/aromatic N) is 6. The molecule has 0 aliphatic carbocycles. The second-order valence-electron chi connectivity index (χ2n) is 5.95. The summed E-state index contributed by atoms with van der Waals surface area (Å²) in [6.45, 7) is 1.95. The summed E-state index contributed by atoms with van der Waals surface area (Å²) >= 11 is 3.43. The van der Waals surface area contributed by atoms with Crippen molar-refractivity contribution in [2.24, 2.45) is 5.10 Å². The molecule has 0 aliphatic heterocycles. The smallest absolute Gasteiger partial charge is 0.293 e. The number of amides is 1. The monoisotopic (exact) mass is 478 g/mol. The molecule has 0 atom stereocenters. The van der Waals surface area contributed by atoms with E-state index in [1.165, 1.54) is 18.0 Å². The largest absolute Gasteiger partial charge is 0.493 e. The minimum absolute atomic E-state index is 0.0422. The molecule has 158 valence electrons. The number of nitrogens with one attached hydrogen (secondary N) is 1. The molecule has 3 rings (SSSR count). The van der Waals surface area contributed by atoms with E-state index in [2.05, 4.69) is 51.7 Å². The van der Waals surface area contributed by atoms with Gasteiger partial charge in [0, 0.05) is 10.0 Å². The van der Waals surface area contributed by atoms with Gasteiger partial charge in [0.2, 0.25) is 11.6 Å². The van der Waals surface area contributed by atoms with Crippen LogP contribution in [0.5, 0.6) is 11.5 Å². The number of nitrogen functional groups attached to an aromatic ring is 1. The zero-order chi connectivity index (χ0) is 21.7. The summed E-state index contributed by atoms with van der Waals surface area (Å²) in [7, 11) is 3.08. The van der Waals surface area contributed by atoms with Gasteiger partial charge >= 0.3 is 0 Å². The molecular formula is C17H19BrN8O4. The number of carbonyl (C=O) groups excluding carboxylic acids is 1. The Labute approximate surface area is 179 Å². The molecule has 2 aromatic heterocycles. The van der Waals surface area contributed by atoms with Gasteiger partial charge in [0.25, 0.3) is 5.91 Å². The Morgan fingerprint density at radius 1 is 1.33 bits per heavy atom. The molecule has 12 nitrogen and oxygen atoms in total. The fraction of sp³-hybridized carbons (Fsp3) is 0.294. The number of anilines is 1.